The number of nitrogens with two attached hydrogens (primary N) is 1. The van der Waals surface area contributed by atoms with Crippen LogP contribution in [0.2, 0.25) is 0 Å². The highest BCUT2D eigenvalue weighted by molar-refractivity contribution is 7.21. The minimum absolute atomic E-state index is 0.263. The Kier molecular flexibility index (Phi) is 5.47. The molecule has 3 heterocycles. The second kappa shape index (κ2) is 8.71. The van der Waals surface area contributed by atoms with Crippen molar-refractivity contribution in [3.05, 3.63) is 67.0 Å². The van der Waals surface area contributed by atoms with Crippen LogP contribution in [0.1, 0.15) is 6.42 Å². The number of para-hydroxylation sites is 1. The van der Waals surface area contributed by atoms with Crippen molar-refractivity contribution in [3.63, 3.8) is 0 Å². The molecule has 0 atom stereocenters. The van der Waals surface area contributed by atoms with Gasteiger partial charge >= 0.3 is 0 Å². The van der Waals surface area contributed by atoms with E-state index >= 15 is 0 Å². The monoisotopic (exact) mass is 429 g/mol. The molecule has 0 spiro atoms. The van der Waals surface area contributed by atoms with E-state index in [0.717, 1.165) is 59.1 Å². The molecule has 0 unspecified atom stereocenters. The first-order valence-corrected chi connectivity index (χ1v) is 11.1. The fourth-order valence-electron chi connectivity index (χ4n) is 3.58. The van der Waals surface area contributed by atoms with Gasteiger partial charge in [0.25, 0.3) is 0 Å². The largest absolute Gasteiger partial charge is 0.369 e. The number of hydrogen-bond acceptors (Lipinski definition) is 8. The number of aromatic nitrogens is 3. The summed E-state index contributed by atoms with van der Waals surface area (Å²) in [5.41, 5.74) is 13.1. The number of anilines is 2. The Balaban J connectivity index is 1.37. The zero-order valence-corrected chi connectivity index (χ0v) is 17.8. The molecule has 1 aliphatic heterocycles. The third-order valence-corrected chi connectivity index (χ3v) is 6.21. The van der Waals surface area contributed by atoms with Gasteiger partial charge in [-0.15, -0.1) is 11.3 Å². The highest BCUT2D eigenvalue weighted by Gasteiger charge is 2.12. The lowest BCUT2D eigenvalue weighted by molar-refractivity contribution is 0.266. The zero-order valence-electron chi connectivity index (χ0n) is 17.0. The summed E-state index contributed by atoms with van der Waals surface area (Å²) in [5, 5.41) is 6.60. The summed E-state index contributed by atoms with van der Waals surface area (Å²) in [6.07, 6.45) is 6.84. The van der Waals surface area contributed by atoms with E-state index in [4.69, 9.17) is 10.7 Å². The van der Waals surface area contributed by atoms with Crippen LogP contribution in [-0.4, -0.2) is 39.6 Å². The second-order valence-electron chi connectivity index (χ2n) is 7.32. The number of benzene rings is 2. The van der Waals surface area contributed by atoms with Gasteiger partial charge in [-0.3, -0.25) is 0 Å². The Morgan fingerprint density at radius 3 is 2.87 bits per heavy atom. The van der Waals surface area contributed by atoms with Crippen molar-refractivity contribution in [1.29, 1.82) is 0 Å². The predicted molar refractivity (Wildman–Crippen MR) is 127 cm³/mol. The average molecular weight is 430 g/mol. The van der Waals surface area contributed by atoms with Gasteiger partial charge in [0.1, 0.15) is 10.8 Å². The van der Waals surface area contributed by atoms with Gasteiger partial charge in [0.2, 0.25) is 5.95 Å². The molecule has 156 valence electrons. The van der Waals surface area contributed by atoms with Crippen molar-refractivity contribution in [2.75, 3.05) is 30.7 Å². The lowest BCUT2D eigenvalue weighted by atomic mass is 10.0. The van der Waals surface area contributed by atoms with Gasteiger partial charge < -0.3 is 16.5 Å². The van der Waals surface area contributed by atoms with E-state index in [0.29, 0.717) is 0 Å². The molecule has 2 aromatic heterocycles. The molecular formula is C23H23N7S. The highest BCUT2D eigenvalue weighted by atomic mass is 32.1. The molecular weight excluding hydrogens is 406 g/mol. The molecule has 0 bridgehead atoms. The van der Waals surface area contributed by atoms with Crippen LogP contribution in [0.4, 0.5) is 11.8 Å². The van der Waals surface area contributed by atoms with Gasteiger partial charge in [0, 0.05) is 43.2 Å². The van der Waals surface area contributed by atoms with Gasteiger partial charge in [-0.2, -0.15) is 4.98 Å². The maximum absolute atomic E-state index is 5.88. The van der Waals surface area contributed by atoms with Gasteiger partial charge in [0.05, 0.1) is 10.2 Å². The van der Waals surface area contributed by atoms with Crippen molar-refractivity contribution in [3.8, 4) is 21.7 Å². The van der Waals surface area contributed by atoms with Gasteiger partial charge in [0.15, 0.2) is 0 Å². The summed E-state index contributed by atoms with van der Waals surface area (Å²) in [6, 6.07) is 16.5. The molecule has 0 amide bonds. The van der Waals surface area contributed by atoms with E-state index in [-0.39, 0.29) is 5.95 Å². The molecule has 0 radical (unpaired) electrons. The van der Waals surface area contributed by atoms with Crippen molar-refractivity contribution in [2.24, 2.45) is 0 Å². The first kappa shape index (κ1) is 19.5. The highest BCUT2D eigenvalue weighted by Crippen LogP contribution is 2.34. The normalized spacial score (nSPS) is 13.5. The molecule has 8 heteroatoms. The van der Waals surface area contributed by atoms with E-state index in [1.54, 1.807) is 17.5 Å². The maximum atomic E-state index is 5.88. The molecule has 0 saturated heterocycles. The number of nitrogen functional groups attached to an aromatic ring is 1. The number of nitrogens with one attached hydrogen (secondary N) is 2. The molecule has 31 heavy (non-hydrogen) atoms. The minimum Gasteiger partial charge on any atom is -0.369 e. The molecule has 4 N–H and O–H groups in total. The molecule has 5 rings (SSSR count). The third kappa shape index (κ3) is 4.35. The zero-order chi connectivity index (χ0) is 21.0. The Labute approximate surface area is 184 Å². The third-order valence-electron chi connectivity index (χ3n) is 5.12. The Hall–Kier alpha value is -3.49. The average Bonchev–Trinajstić information content (AvgIpc) is 3.47. The van der Waals surface area contributed by atoms with Crippen LogP contribution in [0.25, 0.3) is 31.9 Å². The molecule has 1 aliphatic rings. The first-order chi connectivity index (χ1) is 15.3. The van der Waals surface area contributed by atoms with E-state index in [1.807, 2.05) is 30.5 Å². The van der Waals surface area contributed by atoms with E-state index in [1.165, 1.54) is 4.70 Å². The minimum atomic E-state index is 0.263. The Bertz CT molecular complexity index is 1190. The van der Waals surface area contributed by atoms with Crippen LogP contribution in [0.15, 0.2) is 67.0 Å². The fraction of sp³-hybridized carbons (Fsp3) is 0.174. The summed E-state index contributed by atoms with van der Waals surface area (Å²) in [6.45, 7) is 2.67. The van der Waals surface area contributed by atoms with E-state index < -0.39 is 0 Å². The molecule has 0 aliphatic carbocycles. The fourth-order valence-corrected chi connectivity index (χ4v) is 4.54. The smallest absolute Gasteiger partial charge is 0.221 e. The quantitative estimate of drug-likeness (QED) is 0.380. The lowest BCUT2D eigenvalue weighted by Crippen LogP contribution is -2.31. The molecule has 4 aromatic rings. The number of thiazole rings is 1. The summed E-state index contributed by atoms with van der Waals surface area (Å²) < 4.78 is 1.18. The SMILES string of the molecule is Nc1ncc(-c2cccc(-c3nc4ccccc4s3)c2)c(NCCCN2CC=CN2)n1. The van der Waals surface area contributed by atoms with Gasteiger partial charge in [-0.05, 0) is 30.2 Å². The predicted octanol–water partition coefficient (Wildman–Crippen LogP) is 4.14. The van der Waals surface area contributed by atoms with Crippen LogP contribution in [0.5, 0.6) is 0 Å². The van der Waals surface area contributed by atoms with Crippen molar-refractivity contribution >= 4 is 33.3 Å². The van der Waals surface area contributed by atoms with Gasteiger partial charge in [-0.1, -0.05) is 36.4 Å². The lowest BCUT2D eigenvalue weighted by Gasteiger charge is -2.16. The van der Waals surface area contributed by atoms with Crippen LogP contribution < -0.4 is 16.5 Å². The van der Waals surface area contributed by atoms with Gasteiger partial charge in [-0.25, -0.2) is 15.0 Å². The number of fused-ring (bicyclic) bond motifs is 1. The maximum Gasteiger partial charge on any atom is 0.221 e. The summed E-state index contributed by atoms with van der Waals surface area (Å²) in [7, 11) is 0. The number of rotatable bonds is 7. The first-order valence-electron chi connectivity index (χ1n) is 10.3. The molecule has 2 aromatic carbocycles. The summed E-state index contributed by atoms with van der Waals surface area (Å²) in [4.78, 5) is 13.5. The number of nitrogens with zero attached hydrogens (tertiary/aromatic N) is 4. The molecule has 7 nitrogen and oxygen atoms in total. The number of hydrazine groups is 1. The Morgan fingerprint density at radius 1 is 1.10 bits per heavy atom. The van der Waals surface area contributed by atoms with Crippen molar-refractivity contribution < 1.29 is 0 Å². The second-order valence-corrected chi connectivity index (χ2v) is 8.35. The molecule has 0 saturated carbocycles. The van der Waals surface area contributed by atoms with Crippen molar-refractivity contribution in [1.82, 2.24) is 25.4 Å². The summed E-state index contributed by atoms with van der Waals surface area (Å²) >= 11 is 1.70. The van der Waals surface area contributed by atoms with Crippen LogP contribution in [-0.2, 0) is 0 Å². The topological polar surface area (TPSA) is 92.0 Å². The molecule has 0 fully saturated rings. The summed E-state index contributed by atoms with van der Waals surface area (Å²) in [5.74, 6) is 1.01. The Morgan fingerprint density at radius 2 is 2.00 bits per heavy atom. The van der Waals surface area contributed by atoms with E-state index in [9.17, 15) is 0 Å². The van der Waals surface area contributed by atoms with Crippen LogP contribution >= 0.6 is 11.3 Å². The number of hydrogen-bond donors (Lipinski definition) is 3. The standard InChI is InChI=1S/C23H23N7S/c24-23-26-15-18(21(29-23)25-10-4-12-30-13-5-11-27-30)16-6-3-7-17(14-16)22-28-19-8-1-2-9-20(19)31-22/h1-3,5-9,11,14-15,27H,4,10,12-13H2,(H3,24,25,26,29). The van der Waals surface area contributed by atoms with Crippen molar-refractivity contribution in [2.45, 2.75) is 6.42 Å². The van der Waals surface area contributed by atoms with Crippen LogP contribution in [0.3, 0.4) is 0 Å². The van der Waals surface area contributed by atoms with E-state index in [2.05, 4.69) is 56.1 Å². The van der Waals surface area contributed by atoms with Crippen LogP contribution in [0, 0.1) is 0 Å².